The molecule has 0 heterocycles. The molecule has 0 unspecified atom stereocenters. The van der Waals surface area contributed by atoms with E-state index in [1.54, 1.807) is 29.6 Å². The zero-order valence-corrected chi connectivity index (χ0v) is 13.3. The summed E-state index contributed by atoms with van der Waals surface area (Å²) in [5, 5.41) is 1.70. The van der Waals surface area contributed by atoms with E-state index >= 15 is 0 Å². The molecule has 1 atom stereocenters. The molecule has 0 fully saturated rings. The smallest absolute Gasteiger partial charge is 0.467 e. The van der Waals surface area contributed by atoms with E-state index in [-0.39, 0.29) is 6.42 Å². The number of hydrogen-bond donors (Lipinski definition) is 1. The minimum atomic E-state index is -5.08. The second-order valence-corrected chi connectivity index (χ2v) is 5.27. The molecule has 0 aliphatic heterocycles. The Morgan fingerprint density at radius 3 is 2.24 bits per heavy atom. The van der Waals surface area contributed by atoms with Crippen molar-refractivity contribution in [1.82, 2.24) is 5.32 Å². The predicted octanol–water partition coefficient (Wildman–Crippen LogP) is 3.12. The molecule has 132 valence electrons. The zero-order valence-electron chi connectivity index (χ0n) is 13.3. The molecule has 1 amide bonds. The number of esters is 1. The van der Waals surface area contributed by atoms with Crippen molar-refractivity contribution in [1.29, 1.82) is 0 Å². The molecule has 4 nitrogen and oxygen atoms in total. The monoisotopic (exact) mass is 351 g/mol. The molecule has 0 radical (unpaired) electrons. The van der Waals surface area contributed by atoms with E-state index in [9.17, 15) is 22.8 Å². The van der Waals surface area contributed by atoms with Crippen LogP contribution in [0.15, 0.2) is 54.6 Å². The number of halogens is 3. The molecule has 0 aromatic heterocycles. The summed E-state index contributed by atoms with van der Waals surface area (Å²) in [5.41, 5.74) is 2.23. The standard InChI is InChI=1S/C18H16F3NO3/c1-25-16(23)15(22-17(24)18(19,20)21)11-13-9-5-6-10-14(13)12-7-3-2-4-8-12/h2-10,15H,11H2,1H3,(H,22,24)/t15-/m0/s1. The number of nitrogens with one attached hydrogen (secondary N) is 1. The van der Waals surface area contributed by atoms with Crippen molar-refractivity contribution in [3.63, 3.8) is 0 Å². The summed E-state index contributed by atoms with van der Waals surface area (Å²) >= 11 is 0. The number of alkyl halides is 3. The van der Waals surface area contributed by atoms with Crippen LogP contribution in [0.3, 0.4) is 0 Å². The summed E-state index contributed by atoms with van der Waals surface area (Å²) in [6.07, 6.45) is -5.20. The second-order valence-electron chi connectivity index (χ2n) is 5.27. The van der Waals surface area contributed by atoms with Crippen molar-refractivity contribution < 1.29 is 27.5 Å². The van der Waals surface area contributed by atoms with Crippen molar-refractivity contribution in [3.05, 3.63) is 60.2 Å². The lowest BCUT2D eigenvalue weighted by atomic mass is 9.95. The molecule has 1 N–H and O–H groups in total. The Balaban J connectivity index is 2.31. The fourth-order valence-corrected chi connectivity index (χ4v) is 2.39. The number of carbonyl (C=O) groups is 2. The first kappa shape index (κ1) is 18.5. The Bertz CT molecular complexity index is 745. The van der Waals surface area contributed by atoms with E-state index < -0.39 is 24.1 Å². The second kappa shape index (κ2) is 7.83. The SMILES string of the molecule is COC(=O)[C@H](Cc1ccccc1-c1ccccc1)NC(=O)C(F)(F)F. The third kappa shape index (κ3) is 4.82. The first-order chi connectivity index (χ1) is 11.8. The maximum atomic E-state index is 12.5. The molecule has 25 heavy (non-hydrogen) atoms. The van der Waals surface area contributed by atoms with Crippen LogP contribution in [-0.4, -0.2) is 31.2 Å². The van der Waals surface area contributed by atoms with Gasteiger partial charge in [0.1, 0.15) is 6.04 Å². The van der Waals surface area contributed by atoms with Crippen LogP contribution in [0.1, 0.15) is 5.56 Å². The molecule has 0 saturated carbocycles. The van der Waals surface area contributed by atoms with Crippen molar-refractivity contribution >= 4 is 11.9 Å². The fourth-order valence-electron chi connectivity index (χ4n) is 2.39. The van der Waals surface area contributed by atoms with E-state index in [4.69, 9.17) is 0 Å². The summed E-state index contributed by atoms with van der Waals surface area (Å²) in [6.45, 7) is 0. The third-order valence-electron chi connectivity index (χ3n) is 3.57. The van der Waals surface area contributed by atoms with Gasteiger partial charge in [-0.1, -0.05) is 54.6 Å². The van der Waals surface area contributed by atoms with Gasteiger partial charge in [-0.3, -0.25) is 4.79 Å². The fraction of sp³-hybridized carbons (Fsp3) is 0.222. The molecular formula is C18H16F3NO3. The Morgan fingerprint density at radius 1 is 1.04 bits per heavy atom. The summed E-state index contributed by atoms with van der Waals surface area (Å²) in [6, 6.07) is 14.7. The highest BCUT2D eigenvalue weighted by molar-refractivity contribution is 5.88. The van der Waals surface area contributed by atoms with Crippen LogP contribution in [-0.2, 0) is 20.7 Å². The van der Waals surface area contributed by atoms with Crippen LogP contribution in [0.5, 0.6) is 0 Å². The van der Waals surface area contributed by atoms with Gasteiger partial charge in [-0.05, 0) is 16.7 Å². The van der Waals surface area contributed by atoms with Crippen LogP contribution in [0, 0.1) is 0 Å². The Hall–Kier alpha value is -2.83. The topological polar surface area (TPSA) is 55.4 Å². The first-order valence-electron chi connectivity index (χ1n) is 7.41. The first-order valence-corrected chi connectivity index (χ1v) is 7.41. The van der Waals surface area contributed by atoms with Crippen molar-refractivity contribution in [2.24, 2.45) is 0 Å². The van der Waals surface area contributed by atoms with Crippen LogP contribution in [0.25, 0.3) is 11.1 Å². The molecule has 7 heteroatoms. The lowest BCUT2D eigenvalue weighted by Gasteiger charge is -2.19. The van der Waals surface area contributed by atoms with E-state index in [0.29, 0.717) is 5.56 Å². The van der Waals surface area contributed by atoms with Gasteiger partial charge in [0, 0.05) is 6.42 Å². The Labute approximate surface area is 142 Å². The van der Waals surface area contributed by atoms with Crippen LogP contribution < -0.4 is 5.32 Å². The number of amides is 1. The highest BCUT2D eigenvalue weighted by Crippen LogP contribution is 2.25. The number of hydrogen-bond acceptors (Lipinski definition) is 3. The van der Waals surface area contributed by atoms with Gasteiger partial charge in [-0.25, -0.2) is 4.79 Å². The van der Waals surface area contributed by atoms with E-state index in [1.807, 2.05) is 30.3 Å². The maximum absolute atomic E-state index is 12.5. The molecule has 0 spiro atoms. The van der Waals surface area contributed by atoms with Gasteiger partial charge in [-0.2, -0.15) is 13.2 Å². The number of methoxy groups -OCH3 is 1. The molecule has 0 aliphatic rings. The molecule has 0 saturated heterocycles. The predicted molar refractivity (Wildman–Crippen MR) is 85.6 cm³/mol. The molecule has 0 bridgehead atoms. The lowest BCUT2D eigenvalue weighted by Crippen LogP contribution is -2.48. The van der Waals surface area contributed by atoms with Crippen molar-refractivity contribution in [2.45, 2.75) is 18.6 Å². The Morgan fingerprint density at radius 2 is 1.64 bits per heavy atom. The van der Waals surface area contributed by atoms with E-state index in [0.717, 1.165) is 18.2 Å². The number of ether oxygens (including phenoxy) is 1. The zero-order chi connectivity index (χ0) is 18.4. The average molecular weight is 351 g/mol. The normalized spacial score (nSPS) is 12.3. The average Bonchev–Trinajstić information content (AvgIpc) is 2.60. The minimum absolute atomic E-state index is 0.125. The van der Waals surface area contributed by atoms with Crippen LogP contribution >= 0.6 is 0 Å². The summed E-state index contributed by atoms with van der Waals surface area (Å²) in [4.78, 5) is 23.0. The maximum Gasteiger partial charge on any atom is 0.471 e. The molecule has 2 aromatic carbocycles. The number of rotatable bonds is 5. The lowest BCUT2D eigenvalue weighted by molar-refractivity contribution is -0.175. The van der Waals surface area contributed by atoms with E-state index in [2.05, 4.69) is 4.74 Å². The van der Waals surface area contributed by atoms with Gasteiger partial charge in [0.25, 0.3) is 0 Å². The third-order valence-corrected chi connectivity index (χ3v) is 3.57. The van der Waals surface area contributed by atoms with Gasteiger partial charge < -0.3 is 10.1 Å². The van der Waals surface area contributed by atoms with E-state index in [1.165, 1.54) is 0 Å². The van der Waals surface area contributed by atoms with Crippen LogP contribution in [0.4, 0.5) is 13.2 Å². The quantitative estimate of drug-likeness (QED) is 0.842. The summed E-state index contributed by atoms with van der Waals surface area (Å²) in [5.74, 6) is -3.12. The largest absolute Gasteiger partial charge is 0.471 e. The van der Waals surface area contributed by atoms with Crippen molar-refractivity contribution in [2.75, 3.05) is 7.11 Å². The van der Waals surface area contributed by atoms with Gasteiger partial charge in [0.2, 0.25) is 0 Å². The van der Waals surface area contributed by atoms with Crippen LogP contribution in [0.2, 0.25) is 0 Å². The summed E-state index contributed by atoms with van der Waals surface area (Å²) < 4.78 is 42.0. The van der Waals surface area contributed by atoms with Gasteiger partial charge in [0.15, 0.2) is 0 Å². The molecule has 0 aliphatic carbocycles. The molecule has 2 aromatic rings. The Kier molecular flexibility index (Phi) is 5.80. The molecule has 2 rings (SSSR count). The highest BCUT2D eigenvalue weighted by Gasteiger charge is 2.41. The number of carbonyl (C=O) groups excluding carboxylic acids is 2. The van der Waals surface area contributed by atoms with Gasteiger partial charge in [-0.15, -0.1) is 0 Å². The minimum Gasteiger partial charge on any atom is -0.467 e. The summed E-state index contributed by atoms with van der Waals surface area (Å²) in [7, 11) is 1.05. The van der Waals surface area contributed by atoms with Crippen molar-refractivity contribution in [3.8, 4) is 11.1 Å². The highest BCUT2D eigenvalue weighted by atomic mass is 19.4. The van der Waals surface area contributed by atoms with Gasteiger partial charge >= 0.3 is 18.1 Å². The molecular weight excluding hydrogens is 335 g/mol. The number of benzene rings is 2. The van der Waals surface area contributed by atoms with Gasteiger partial charge in [0.05, 0.1) is 7.11 Å².